The van der Waals surface area contributed by atoms with Crippen LogP contribution >= 0.6 is 11.6 Å². The van der Waals surface area contributed by atoms with Crippen LogP contribution in [0, 0.1) is 5.92 Å². The molecular weight excluding hydrogens is 280 g/mol. The molecule has 1 fully saturated rings. The van der Waals surface area contributed by atoms with Gasteiger partial charge in [-0.05, 0) is 25.0 Å². The van der Waals surface area contributed by atoms with E-state index in [1.165, 1.54) is 7.11 Å². The van der Waals surface area contributed by atoms with E-state index in [1.807, 2.05) is 0 Å². The van der Waals surface area contributed by atoms with Crippen molar-refractivity contribution in [2.45, 2.75) is 12.8 Å². The van der Waals surface area contributed by atoms with Crippen molar-refractivity contribution in [2.24, 2.45) is 5.92 Å². The Balaban J connectivity index is 1.99. The van der Waals surface area contributed by atoms with Crippen molar-refractivity contribution >= 4 is 29.3 Å². The number of nitrogens with one attached hydrogen (secondary N) is 1. The monoisotopic (exact) mass is 296 g/mol. The highest BCUT2D eigenvalue weighted by Crippen LogP contribution is 2.22. The highest BCUT2D eigenvalue weighted by Gasteiger charge is 2.29. The number of carbonyl (C=O) groups is 2. The van der Waals surface area contributed by atoms with Crippen LogP contribution in [-0.4, -0.2) is 37.1 Å². The predicted molar refractivity (Wildman–Crippen MR) is 76.8 cm³/mol. The van der Waals surface area contributed by atoms with Gasteiger partial charge in [-0.25, -0.2) is 4.79 Å². The van der Waals surface area contributed by atoms with E-state index in [-0.39, 0.29) is 17.9 Å². The SMILES string of the molecule is COC(=O)[C@H]1CCCN(C(=O)Nc2ccccc2Cl)C1. The number of rotatable bonds is 2. The molecule has 0 radical (unpaired) electrons. The summed E-state index contributed by atoms with van der Waals surface area (Å²) in [5.74, 6) is -0.508. The predicted octanol–water partition coefficient (Wildman–Crippen LogP) is 2.76. The lowest BCUT2D eigenvalue weighted by Crippen LogP contribution is -2.44. The molecule has 0 bridgehead atoms. The molecule has 5 nitrogen and oxygen atoms in total. The molecule has 6 heteroatoms. The average molecular weight is 297 g/mol. The molecule has 2 rings (SSSR count). The Morgan fingerprint density at radius 3 is 2.85 bits per heavy atom. The molecule has 2 amide bonds. The zero-order valence-corrected chi connectivity index (χ0v) is 12.0. The minimum Gasteiger partial charge on any atom is -0.469 e. The second-order valence-electron chi connectivity index (χ2n) is 4.72. The molecule has 1 aromatic rings. The van der Waals surface area contributed by atoms with Crippen LogP contribution in [0.1, 0.15) is 12.8 Å². The summed E-state index contributed by atoms with van der Waals surface area (Å²) in [6.45, 7) is 1.01. The van der Waals surface area contributed by atoms with Gasteiger partial charge in [0, 0.05) is 13.1 Å². The van der Waals surface area contributed by atoms with Crippen molar-refractivity contribution in [1.29, 1.82) is 0 Å². The van der Waals surface area contributed by atoms with Crippen LogP contribution in [0.2, 0.25) is 5.02 Å². The summed E-state index contributed by atoms with van der Waals surface area (Å²) in [5, 5.41) is 3.25. The molecule has 0 unspecified atom stereocenters. The number of esters is 1. The van der Waals surface area contributed by atoms with E-state index < -0.39 is 0 Å². The molecule has 1 heterocycles. The van der Waals surface area contributed by atoms with Gasteiger partial charge in [0.05, 0.1) is 23.7 Å². The number of hydrogen-bond acceptors (Lipinski definition) is 3. The van der Waals surface area contributed by atoms with Crippen LogP contribution in [0.15, 0.2) is 24.3 Å². The normalized spacial score (nSPS) is 18.5. The molecule has 20 heavy (non-hydrogen) atoms. The molecule has 1 aliphatic heterocycles. The lowest BCUT2D eigenvalue weighted by atomic mass is 9.98. The summed E-state index contributed by atoms with van der Waals surface area (Å²) < 4.78 is 4.74. The number of amides is 2. The van der Waals surface area contributed by atoms with Gasteiger partial charge in [0.25, 0.3) is 0 Å². The van der Waals surface area contributed by atoms with Crippen molar-refractivity contribution in [3.63, 3.8) is 0 Å². The Morgan fingerprint density at radius 2 is 2.15 bits per heavy atom. The Bertz CT molecular complexity index is 507. The van der Waals surface area contributed by atoms with Crippen molar-refractivity contribution < 1.29 is 14.3 Å². The van der Waals surface area contributed by atoms with Gasteiger partial charge >= 0.3 is 12.0 Å². The van der Waals surface area contributed by atoms with Crippen molar-refractivity contribution in [2.75, 3.05) is 25.5 Å². The van der Waals surface area contributed by atoms with Crippen LogP contribution in [0.4, 0.5) is 10.5 Å². The van der Waals surface area contributed by atoms with Crippen LogP contribution in [-0.2, 0) is 9.53 Å². The maximum absolute atomic E-state index is 12.2. The number of ether oxygens (including phenoxy) is 1. The zero-order valence-electron chi connectivity index (χ0n) is 11.3. The van der Waals surface area contributed by atoms with Gasteiger partial charge in [-0.3, -0.25) is 4.79 Å². The molecule has 0 spiro atoms. The minimum absolute atomic E-state index is 0.244. The van der Waals surface area contributed by atoms with Crippen LogP contribution < -0.4 is 5.32 Å². The van der Waals surface area contributed by atoms with Gasteiger partial charge in [0.1, 0.15) is 0 Å². The number of hydrogen-bond donors (Lipinski definition) is 1. The topological polar surface area (TPSA) is 58.6 Å². The number of carbonyl (C=O) groups excluding carboxylic acids is 2. The van der Waals surface area contributed by atoms with Gasteiger partial charge < -0.3 is 15.0 Å². The summed E-state index contributed by atoms with van der Waals surface area (Å²) in [4.78, 5) is 25.3. The highest BCUT2D eigenvalue weighted by molar-refractivity contribution is 6.33. The molecule has 1 atom stereocenters. The summed E-state index contributed by atoms with van der Waals surface area (Å²) in [5.41, 5.74) is 0.569. The van der Waals surface area contributed by atoms with E-state index >= 15 is 0 Å². The van der Waals surface area contributed by atoms with Crippen molar-refractivity contribution in [1.82, 2.24) is 4.90 Å². The minimum atomic E-state index is -0.264. The number of urea groups is 1. The summed E-state index contributed by atoms with van der Waals surface area (Å²) in [6.07, 6.45) is 1.54. The van der Waals surface area contributed by atoms with Crippen molar-refractivity contribution in [3.8, 4) is 0 Å². The highest BCUT2D eigenvalue weighted by atomic mass is 35.5. The number of likely N-dealkylation sites (tertiary alicyclic amines) is 1. The third-order valence-electron chi connectivity index (χ3n) is 3.36. The maximum Gasteiger partial charge on any atom is 0.321 e. The van der Waals surface area contributed by atoms with E-state index in [2.05, 4.69) is 5.32 Å². The number of halogens is 1. The number of anilines is 1. The standard InChI is InChI=1S/C14H17ClN2O3/c1-20-13(18)10-5-4-8-17(9-10)14(19)16-12-7-3-2-6-11(12)15/h2-3,6-7,10H,4-5,8-9H2,1H3,(H,16,19)/t10-/m0/s1. The molecular formula is C14H17ClN2O3. The Kier molecular flexibility index (Phi) is 4.84. The summed E-state index contributed by atoms with van der Waals surface area (Å²) >= 11 is 6.00. The molecule has 1 aromatic carbocycles. The molecule has 108 valence electrons. The van der Waals surface area contributed by atoms with Crippen LogP contribution in [0.3, 0.4) is 0 Å². The molecule has 0 saturated carbocycles. The summed E-state index contributed by atoms with van der Waals surface area (Å²) in [6, 6.07) is 6.81. The zero-order chi connectivity index (χ0) is 14.5. The van der Waals surface area contributed by atoms with Gasteiger partial charge in [-0.1, -0.05) is 23.7 Å². The van der Waals surface area contributed by atoms with Gasteiger partial charge in [0.15, 0.2) is 0 Å². The van der Waals surface area contributed by atoms with Gasteiger partial charge in [0.2, 0.25) is 0 Å². The molecule has 1 N–H and O–H groups in total. The first-order valence-electron chi connectivity index (χ1n) is 6.50. The van der Waals surface area contributed by atoms with E-state index in [9.17, 15) is 9.59 Å². The van der Waals surface area contributed by atoms with Crippen LogP contribution in [0.25, 0.3) is 0 Å². The second kappa shape index (κ2) is 6.61. The first kappa shape index (κ1) is 14.7. The average Bonchev–Trinajstić information content (AvgIpc) is 2.49. The quantitative estimate of drug-likeness (QED) is 0.854. The molecule has 0 aliphatic carbocycles. The number of piperidine rings is 1. The van der Waals surface area contributed by atoms with E-state index in [0.717, 1.165) is 12.8 Å². The van der Waals surface area contributed by atoms with E-state index in [4.69, 9.17) is 16.3 Å². The van der Waals surface area contributed by atoms with Gasteiger partial charge in [-0.2, -0.15) is 0 Å². The molecule has 1 saturated heterocycles. The van der Waals surface area contributed by atoms with E-state index in [1.54, 1.807) is 29.2 Å². The first-order chi connectivity index (χ1) is 9.61. The summed E-state index contributed by atoms with van der Waals surface area (Å²) in [7, 11) is 1.37. The number of para-hydroxylation sites is 1. The second-order valence-corrected chi connectivity index (χ2v) is 5.13. The Labute approximate surface area is 122 Å². The first-order valence-corrected chi connectivity index (χ1v) is 6.88. The van der Waals surface area contributed by atoms with Crippen LogP contribution in [0.5, 0.6) is 0 Å². The fourth-order valence-electron chi connectivity index (χ4n) is 2.28. The van der Waals surface area contributed by atoms with Crippen molar-refractivity contribution in [3.05, 3.63) is 29.3 Å². The molecule has 0 aromatic heterocycles. The fraction of sp³-hybridized carbons (Fsp3) is 0.429. The lowest BCUT2D eigenvalue weighted by molar-refractivity contribution is -0.146. The third kappa shape index (κ3) is 3.42. The van der Waals surface area contributed by atoms with Gasteiger partial charge in [-0.15, -0.1) is 0 Å². The number of nitrogens with zero attached hydrogens (tertiary/aromatic N) is 1. The maximum atomic E-state index is 12.2. The smallest absolute Gasteiger partial charge is 0.321 e. The lowest BCUT2D eigenvalue weighted by Gasteiger charge is -2.31. The largest absolute Gasteiger partial charge is 0.469 e. The third-order valence-corrected chi connectivity index (χ3v) is 3.69. The molecule has 1 aliphatic rings. The fourth-order valence-corrected chi connectivity index (χ4v) is 2.46. The van der Waals surface area contributed by atoms with E-state index in [0.29, 0.717) is 23.8 Å². The Morgan fingerprint density at radius 1 is 1.40 bits per heavy atom. The Hall–Kier alpha value is -1.75. The number of methoxy groups -OCH3 is 1. The number of benzene rings is 1.